The van der Waals surface area contributed by atoms with Gasteiger partial charge in [-0.3, -0.25) is 0 Å². The maximum absolute atomic E-state index is 5.52. The van der Waals surface area contributed by atoms with Gasteiger partial charge in [-0.25, -0.2) is 0 Å². The Bertz CT molecular complexity index is 425. The molecule has 154 valence electrons. The molecule has 0 bridgehead atoms. The number of unbranched alkanes of at least 4 members (excludes halogenated alkanes) is 14. The van der Waals surface area contributed by atoms with Crippen LogP contribution in [0.5, 0.6) is 0 Å². The van der Waals surface area contributed by atoms with Crippen LogP contribution in [0.1, 0.15) is 114 Å². The van der Waals surface area contributed by atoms with Gasteiger partial charge in [-0.1, -0.05) is 126 Å². The molecular formula is C26H45N. The third kappa shape index (κ3) is 13.7. The summed E-state index contributed by atoms with van der Waals surface area (Å²) in [6.45, 7) is 4.89. The van der Waals surface area contributed by atoms with Crippen molar-refractivity contribution in [2.24, 2.45) is 5.73 Å². The van der Waals surface area contributed by atoms with E-state index < -0.39 is 0 Å². The van der Waals surface area contributed by atoms with E-state index in [9.17, 15) is 0 Å². The standard InChI is InChI=1S/C26H45N/c1-2-25(26-22-18-16-19-23-26)21-17-14-12-10-8-6-4-3-5-7-9-11-13-15-20-24-27/h2,16,18-19,22-23,25H,1,3-15,17,20-21,24,27H2. The smallest absolute Gasteiger partial charge is 0.00152 e. The van der Waals surface area contributed by atoms with Crippen LogP contribution >= 0.6 is 0 Å². The molecule has 0 aliphatic rings. The zero-order chi connectivity index (χ0) is 19.4. The van der Waals surface area contributed by atoms with Gasteiger partial charge in [0, 0.05) is 5.92 Å². The van der Waals surface area contributed by atoms with Crippen LogP contribution in [0.2, 0.25) is 0 Å². The SMILES string of the molecule is C=CC(CCCCCCCCCCCCCCCCCN)c1ccccc1. The van der Waals surface area contributed by atoms with Gasteiger partial charge in [-0.05, 0) is 24.9 Å². The maximum atomic E-state index is 5.52. The Morgan fingerprint density at radius 2 is 1.04 bits per heavy atom. The lowest BCUT2D eigenvalue weighted by Gasteiger charge is -2.12. The largest absolute Gasteiger partial charge is 0.330 e. The first kappa shape index (κ1) is 24.0. The number of allylic oxidation sites excluding steroid dienone is 1. The van der Waals surface area contributed by atoms with Crippen LogP contribution in [0.25, 0.3) is 0 Å². The molecule has 0 aliphatic carbocycles. The summed E-state index contributed by atoms with van der Waals surface area (Å²) in [5.74, 6) is 0.534. The Hall–Kier alpha value is -1.08. The van der Waals surface area contributed by atoms with E-state index in [1.807, 2.05) is 0 Å². The van der Waals surface area contributed by atoms with Crippen molar-refractivity contribution in [1.29, 1.82) is 0 Å². The van der Waals surface area contributed by atoms with Crippen molar-refractivity contribution >= 4 is 0 Å². The lowest BCUT2D eigenvalue weighted by atomic mass is 9.93. The summed E-state index contributed by atoms with van der Waals surface area (Å²) in [6.07, 6.45) is 24.3. The molecule has 0 saturated carbocycles. The van der Waals surface area contributed by atoms with Crippen LogP contribution in [0, 0.1) is 0 Å². The fraction of sp³-hybridized carbons (Fsp3) is 0.692. The van der Waals surface area contributed by atoms with Crippen LogP contribution in [0.3, 0.4) is 0 Å². The Balaban J connectivity index is 1.82. The van der Waals surface area contributed by atoms with E-state index in [1.165, 1.54) is 108 Å². The first-order valence-electron chi connectivity index (χ1n) is 11.8. The summed E-state index contributed by atoms with van der Waals surface area (Å²) in [5.41, 5.74) is 6.94. The number of hydrogen-bond acceptors (Lipinski definition) is 1. The minimum atomic E-state index is 0.534. The molecule has 1 aromatic rings. The van der Waals surface area contributed by atoms with Crippen LogP contribution in [0.4, 0.5) is 0 Å². The third-order valence-electron chi connectivity index (χ3n) is 5.73. The fourth-order valence-electron chi connectivity index (χ4n) is 3.93. The van der Waals surface area contributed by atoms with Gasteiger partial charge in [0.15, 0.2) is 0 Å². The van der Waals surface area contributed by atoms with Crippen LogP contribution in [-0.4, -0.2) is 6.54 Å². The first-order chi connectivity index (χ1) is 13.4. The lowest BCUT2D eigenvalue weighted by Crippen LogP contribution is -1.97. The van der Waals surface area contributed by atoms with Crippen molar-refractivity contribution in [2.45, 2.75) is 109 Å². The van der Waals surface area contributed by atoms with E-state index in [2.05, 4.69) is 43.0 Å². The van der Waals surface area contributed by atoms with E-state index in [-0.39, 0.29) is 0 Å². The van der Waals surface area contributed by atoms with Crippen molar-refractivity contribution < 1.29 is 0 Å². The van der Waals surface area contributed by atoms with Crippen molar-refractivity contribution in [3.05, 3.63) is 48.6 Å². The second kappa shape index (κ2) is 18.3. The maximum Gasteiger partial charge on any atom is 0.00152 e. The van der Waals surface area contributed by atoms with Crippen molar-refractivity contribution in [3.63, 3.8) is 0 Å². The van der Waals surface area contributed by atoms with Gasteiger partial charge in [0.2, 0.25) is 0 Å². The lowest BCUT2D eigenvalue weighted by molar-refractivity contribution is 0.525. The zero-order valence-electron chi connectivity index (χ0n) is 17.8. The van der Waals surface area contributed by atoms with Crippen molar-refractivity contribution in [3.8, 4) is 0 Å². The average molecular weight is 372 g/mol. The minimum Gasteiger partial charge on any atom is -0.330 e. The summed E-state index contributed by atoms with van der Waals surface area (Å²) in [5, 5.41) is 0. The molecule has 0 radical (unpaired) electrons. The van der Waals surface area contributed by atoms with E-state index in [0.29, 0.717) is 5.92 Å². The van der Waals surface area contributed by atoms with E-state index in [4.69, 9.17) is 5.73 Å². The first-order valence-corrected chi connectivity index (χ1v) is 11.8. The monoisotopic (exact) mass is 371 g/mol. The normalized spacial score (nSPS) is 12.2. The molecule has 0 spiro atoms. The molecule has 0 fully saturated rings. The van der Waals surface area contributed by atoms with E-state index in [1.54, 1.807) is 0 Å². The molecule has 1 rings (SSSR count). The van der Waals surface area contributed by atoms with Crippen LogP contribution in [0.15, 0.2) is 43.0 Å². The van der Waals surface area contributed by atoms with Gasteiger partial charge in [0.1, 0.15) is 0 Å². The number of nitrogens with two attached hydrogens (primary N) is 1. The fourth-order valence-corrected chi connectivity index (χ4v) is 3.93. The van der Waals surface area contributed by atoms with E-state index >= 15 is 0 Å². The molecule has 2 N–H and O–H groups in total. The second-order valence-electron chi connectivity index (χ2n) is 8.13. The highest BCUT2D eigenvalue weighted by Gasteiger charge is 2.06. The van der Waals surface area contributed by atoms with Gasteiger partial charge in [0.05, 0.1) is 0 Å². The quantitative estimate of drug-likeness (QED) is 0.193. The summed E-state index contributed by atoms with van der Waals surface area (Å²) < 4.78 is 0. The summed E-state index contributed by atoms with van der Waals surface area (Å²) in [4.78, 5) is 0. The molecule has 27 heavy (non-hydrogen) atoms. The van der Waals surface area contributed by atoms with Gasteiger partial charge in [0.25, 0.3) is 0 Å². The number of benzene rings is 1. The van der Waals surface area contributed by atoms with Crippen molar-refractivity contribution in [2.75, 3.05) is 6.54 Å². The summed E-state index contributed by atoms with van der Waals surface area (Å²) in [6, 6.07) is 10.8. The zero-order valence-corrected chi connectivity index (χ0v) is 17.8. The highest BCUT2D eigenvalue weighted by molar-refractivity contribution is 5.22. The summed E-state index contributed by atoms with van der Waals surface area (Å²) in [7, 11) is 0. The topological polar surface area (TPSA) is 26.0 Å². The predicted molar refractivity (Wildman–Crippen MR) is 122 cm³/mol. The van der Waals surface area contributed by atoms with Gasteiger partial charge >= 0.3 is 0 Å². The Morgan fingerprint density at radius 3 is 1.44 bits per heavy atom. The molecule has 0 heterocycles. The molecule has 0 aliphatic heterocycles. The summed E-state index contributed by atoms with van der Waals surface area (Å²) >= 11 is 0. The highest BCUT2D eigenvalue weighted by Crippen LogP contribution is 2.23. The molecule has 1 atom stereocenters. The molecule has 0 aromatic heterocycles. The Morgan fingerprint density at radius 1 is 0.630 bits per heavy atom. The molecular weight excluding hydrogens is 326 g/mol. The molecule has 1 heteroatoms. The number of rotatable bonds is 19. The minimum absolute atomic E-state index is 0.534. The molecule has 0 amide bonds. The highest BCUT2D eigenvalue weighted by atomic mass is 14.5. The molecule has 1 nitrogen and oxygen atoms in total. The van der Waals surface area contributed by atoms with Gasteiger partial charge in [-0.2, -0.15) is 0 Å². The average Bonchev–Trinajstić information content (AvgIpc) is 2.71. The predicted octanol–water partition coefficient (Wildman–Crippen LogP) is 8.16. The van der Waals surface area contributed by atoms with E-state index in [0.717, 1.165) is 6.54 Å². The Kier molecular flexibility index (Phi) is 16.2. The van der Waals surface area contributed by atoms with Gasteiger partial charge in [-0.15, -0.1) is 6.58 Å². The van der Waals surface area contributed by atoms with Crippen LogP contribution in [-0.2, 0) is 0 Å². The second-order valence-corrected chi connectivity index (χ2v) is 8.13. The molecule has 0 saturated heterocycles. The molecule has 1 unspecified atom stereocenters. The third-order valence-corrected chi connectivity index (χ3v) is 5.73. The molecule has 1 aromatic carbocycles. The number of hydrogen-bond donors (Lipinski definition) is 1. The van der Waals surface area contributed by atoms with Crippen molar-refractivity contribution in [1.82, 2.24) is 0 Å². The Labute approximate surface area is 169 Å². The van der Waals surface area contributed by atoms with Gasteiger partial charge < -0.3 is 5.73 Å². The van der Waals surface area contributed by atoms with Crippen LogP contribution < -0.4 is 5.73 Å².